The zero-order valence-corrected chi connectivity index (χ0v) is 29.8. The van der Waals surface area contributed by atoms with Gasteiger partial charge in [0.15, 0.2) is 5.78 Å². The molecule has 3 aromatic rings. The fraction of sp³-hybridized carbons (Fsp3) is 0.538. The highest BCUT2D eigenvalue weighted by Gasteiger charge is 2.39. The number of aromatic nitrogens is 2. The number of Topliss-reactive ketones (excluding diaryl/α,β-unsaturated/α-hetero) is 1. The summed E-state index contributed by atoms with van der Waals surface area (Å²) in [5.41, 5.74) is 4.34. The molecular formula is C39H51F2N3O4. The van der Waals surface area contributed by atoms with Gasteiger partial charge in [0.2, 0.25) is 0 Å². The Morgan fingerprint density at radius 1 is 1.04 bits per heavy atom. The van der Waals surface area contributed by atoms with Crippen molar-refractivity contribution in [3.05, 3.63) is 86.1 Å². The summed E-state index contributed by atoms with van der Waals surface area (Å²) in [7, 11) is 0. The van der Waals surface area contributed by atoms with Crippen molar-refractivity contribution in [1.82, 2.24) is 14.7 Å². The number of carbonyl (C=O) groups is 2. The Morgan fingerprint density at radius 3 is 2.31 bits per heavy atom. The van der Waals surface area contributed by atoms with Crippen LogP contribution < -0.4 is 5.56 Å². The summed E-state index contributed by atoms with van der Waals surface area (Å²) < 4.78 is 36.0. The number of halogens is 2. The molecule has 0 saturated carbocycles. The predicted octanol–water partition coefficient (Wildman–Crippen LogP) is 7.33. The molecule has 0 spiro atoms. The highest BCUT2D eigenvalue weighted by atomic mass is 19.1. The van der Waals surface area contributed by atoms with Crippen molar-refractivity contribution < 1.29 is 23.1 Å². The second-order valence-corrected chi connectivity index (χ2v) is 14.1. The van der Waals surface area contributed by atoms with E-state index in [9.17, 15) is 18.8 Å². The minimum atomic E-state index is -1.27. The number of aryl methyl sites for hydroxylation is 4. The monoisotopic (exact) mass is 663 g/mol. The van der Waals surface area contributed by atoms with Gasteiger partial charge in [-0.05, 0) is 118 Å². The van der Waals surface area contributed by atoms with E-state index in [0.29, 0.717) is 54.9 Å². The molecule has 1 unspecified atom stereocenters. The number of alkyl halides is 1. The smallest absolute Gasteiger partial charge is 0.306 e. The summed E-state index contributed by atoms with van der Waals surface area (Å²) in [6.45, 7) is 16.5. The van der Waals surface area contributed by atoms with Gasteiger partial charge in [0.05, 0.1) is 18.7 Å². The van der Waals surface area contributed by atoms with E-state index in [2.05, 4.69) is 0 Å². The second-order valence-electron chi connectivity index (χ2n) is 14.1. The Balaban J connectivity index is 1.69. The number of carbonyl (C=O) groups excluding carboxylic acids is 2. The highest BCUT2D eigenvalue weighted by molar-refractivity contribution is 5.86. The molecule has 2 atom stereocenters. The molecule has 0 N–H and O–H groups in total. The number of hydrogen-bond acceptors (Lipinski definition) is 6. The van der Waals surface area contributed by atoms with Crippen molar-refractivity contribution in [3.8, 4) is 11.1 Å². The number of esters is 1. The molecule has 260 valence electrons. The van der Waals surface area contributed by atoms with Crippen LogP contribution in [0.2, 0.25) is 0 Å². The molecule has 48 heavy (non-hydrogen) atoms. The van der Waals surface area contributed by atoms with Crippen LogP contribution in [-0.2, 0) is 26.3 Å². The first-order chi connectivity index (χ1) is 22.6. The maximum atomic E-state index is 16.0. The first-order valence-corrected chi connectivity index (χ1v) is 17.2. The van der Waals surface area contributed by atoms with E-state index in [1.807, 2.05) is 62.9 Å². The van der Waals surface area contributed by atoms with Gasteiger partial charge in [0, 0.05) is 38.0 Å². The molecule has 1 aliphatic rings. The van der Waals surface area contributed by atoms with Gasteiger partial charge in [0.25, 0.3) is 5.56 Å². The fourth-order valence-electron chi connectivity index (χ4n) is 7.08. The number of ketones is 1. The van der Waals surface area contributed by atoms with Crippen molar-refractivity contribution >= 4 is 11.8 Å². The maximum Gasteiger partial charge on any atom is 0.306 e. The van der Waals surface area contributed by atoms with Gasteiger partial charge < -0.3 is 4.74 Å². The van der Waals surface area contributed by atoms with Gasteiger partial charge >= 0.3 is 5.97 Å². The second kappa shape index (κ2) is 15.7. The summed E-state index contributed by atoms with van der Waals surface area (Å²) in [4.78, 5) is 42.8. The third kappa shape index (κ3) is 8.46. The molecule has 0 amide bonds. The normalized spacial score (nSPS) is 15.6. The van der Waals surface area contributed by atoms with Gasteiger partial charge in [-0.25, -0.2) is 13.5 Å². The molecule has 0 radical (unpaired) electrons. The topological polar surface area (TPSA) is 81.5 Å². The molecule has 9 heteroatoms. The molecule has 0 aliphatic carbocycles. The van der Waals surface area contributed by atoms with E-state index in [1.165, 1.54) is 4.68 Å². The molecule has 2 heterocycles. The van der Waals surface area contributed by atoms with Gasteiger partial charge in [0.1, 0.15) is 17.5 Å². The quantitative estimate of drug-likeness (QED) is 0.159. The lowest BCUT2D eigenvalue weighted by atomic mass is 9.81. The Morgan fingerprint density at radius 2 is 1.71 bits per heavy atom. The molecule has 7 nitrogen and oxygen atoms in total. The summed E-state index contributed by atoms with van der Waals surface area (Å²) in [5.74, 6) is -1.64. The maximum absolute atomic E-state index is 16.0. The highest BCUT2D eigenvalue weighted by Crippen LogP contribution is 2.37. The van der Waals surface area contributed by atoms with Crippen molar-refractivity contribution in [2.45, 2.75) is 105 Å². The van der Waals surface area contributed by atoms with Crippen molar-refractivity contribution in [2.75, 3.05) is 26.2 Å². The first-order valence-electron chi connectivity index (χ1n) is 17.2. The Kier molecular flexibility index (Phi) is 12.1. The van der Waals surface area contributed by atoms with Crippen molar-refractivity contribution in [2.24, 2.45) is 5.92 Å². The first kappa shape index (κ1) is 37.1. The Bertz CT molecular complexity index is 1670. The van der Waals surface area contributed by atoms with E-state index in [-0.39, 0.29) is 43.1 Å². The van der Waals surface area contributed by atoms with Crippen LogP contribution in [0, 0.1) is 39.4 Å². The summed E-state index contributed by atoms with van der Waals surface area (Å²) >= 11 is 0. The van der Waals surface area contributed by atoms with E-state index >= 15 is 4.39 Å². The average Bonchev–Trinajstić information content (AvgIpc) is 2.99. The molecule has 1 aliphatic heterocycles. The number of rotatable bonds is 15. The van der Waals surface area contributed by atoms with Gasteiger partial charge in [-0.3, -0.25) is 19.3 Å². The summed E-state index contributed by atoms with van der Waals surface area (Å²) in [5, 5.41) is 4.70. The van der Waals surface area contributed by atoms with Gasteiger partial charge in [-0.1, -0.05) is 32.0 Å². The van der Waals surface area contributed by atoms with Gasteiger partial charge in [-0.15, -0.1) is 0 Å². The van der Waals surface area contributed by atoms with E-state index in [4.69, 9.17) is 9.84 Å². The fourth-order valence-corrected chi connectivity index (χ4v) is 7.08. The van der Waals surface area contributed by atoms with Crippen LogP contribution >= 0.6 is 0 Å². The molecule has 1 fully saturated rings. The number of nitrogens with zero attached hydrogens (tertiary/aromatic N) is 3. The van der Waals surface area contributed by atoms with Crippen LogP contribution in [0.5, 0.6) is 0 Å². The minimum absolute atomic E-state index is 0.00244. The molecule has 1 saturated heterocycles. The molecule has 4 rings (SSSR count). The van der Waals surface area contributed by atoms with Crippen molar-refractivity contribution in [1.29, 1.82) is 0 Å². The largest absolute Gasteiger partial charge is 0.466 e. The number of likely N-dealkylation sites (tertiary alicyclic amines) is 1. The lowest BCUT2D eigenvalue weighted by Crippen LogP contribution is -2.50. The summed E-state index contributed by atoms with van der Waals surface area (Å²) in [6, 6.07) is 11.4. The Labute approximate surface area is 283 Å². The zero-order chi connectivity index (χ0) is 35.3. The SMILES string of the molecule is CCOC(=O)C[C@H](CCC(=O)C(C)(CC(C)C)n1nc(CCN2CC(F)C2)cc(C)c1=O)c1cc(-c2c(C)cccc2C)cc(C)c1F. The van der Waals surface area contributed by atoms with E-state index < -0.39 is 29.4 Å². The lowest BCUT2D eigenvalue weighted by molar-refractivity contribution is -0.143. The van der Waals surface area contributed by atoms with E-state index in [1.54, 1.807) is 33.8 Å². The lowest BCUT2D eigenvalue weighted by Gasteiger charge is -2.34. The van der Waals surface area contributed by atoms with Crippen molar-refractivity contribution in [3.63, 3.8) is 0 Å². The standard InChI is InChI=1S/C39H51F2N3O4/c1-9-48-35(46)20-29(33-19-30(17-27(6)37(33)41)36-25(4)11-10-12-26(36)5)13-14-34(45)39(8,21-24(2)3)44-38(47)28(7)18-32(42-44)15-16-43-22-31(40)23-43/h10-12,17-19,24,29,31H,9,13-16,20-23H2,1-8H3/t29-,39?/m0/s1. The van der Waals surface area contributed by atoms with Crippen LogP contribution in [0.25, 0.3) is 11.1 Å². The third-order valence-corrected chi connectivity index (χ3v) is 9.54. The molecule has 1 aromatic heterocycles. The average molecular weight is 664 g/mol. The van der Waals surface area contributed by atoms with E-state index in [0.717, 1.165) is 22.3 Å². The number of benzene rings is 2. The van der Waals surface area contributed by atoms with Crippen LogP contribution in [0.4, 0.5) is 8.78 Å². The molecule has 0 bridgehead atoms. The van der Waals surface area contributed by atoms with Crippen LogP contribution in [0.3, 0.4) is 0 Å². The minimum Gasteiger partial charge on any atom is -0.466 e. The van der Waals surface area contributed by atoms with Crippen LogP contribution in [-0.4, -0.2) is 58.8 Å². The van der Waals surface area contributed by atoms with Gasteiger partial charge in [-0.2, -0.15) is 5.10 Å². The Hall–Kier alpha value is -3.72. The predicted molar refractivity (Wildman–Crippen MR) is 186 cm³/mol. The molecular weight excluding hydrogens is 612 g/mol. The summed E-state index contributed by atoms with van der Waals surface area (Å²) in [6.07, 6.45) is 0.191. The van der Waals surface area contributed by atoms with Crippen LogP contribution in [0.15, 0.2) is 41.2 Å². The van der Waals surface area contributed by atoms with Crippen LogP contribution in [0.1, 0.15) is 92.8 Å². The molecule has 2 aromatic carbocycles. The third-order valence-electron chi connectivity index (χ3n) is 9.54. The zero-order valence-electron chi connectivity index (χ0n) is 29.8. The number of hydrogen-bond donors (Lipinski definition) is 0. The number of ether oxygens (including phenoxy) is 1.